The standard InChI is InChI=1S/C21H21N3O3.ClH/c1-5-13-6-7-17-16(8-13)20(14(11-22)12-23-17)24-15-9-18(25-2)21(27-4)19(10-15)26-3;/h6-10,12H,5H2,1-4H3,(H,23,24);1H. The average molecular weight is 400 g/mol. The van der Waals surface area contributed by atoms with Crippen molar-refractivity contribution in [2.24, 2.45) is 0 Å². The van der Waals surface area contributed by atoms with E-state index >= 15 is 0 Å². The number of fused-ring (bicyclic) bond motifs is 1. The molecule has 3 rings (SSSR count). The van der Waals surface area contributed by atoms with E-state index in [0.717, 1.165) is 23.0 Å². The van der Waals surface area contributed by atoms with Gasteiger partial charge in [0.15, 0.2) is 11.5 Å². The van der Waals surface area contributed by atoms with Crippen molar-refractivity contribution in [2.45, 2.75) is 13.3 Å². The van der Waals surface area contributed by atoms with Gasteiger partial charge in [-0.25, -0.2) is 0 Å². The number of aryl methyl sites for hydroxylation is 1. The number of nitrogens with one attached hydrogen (secondary N) is 1. The van der Waals surface area contributed by atoms with E-state index in [1.54, 1.807) is 39.7 Å². The van der Waals surface area contributed by atoms with Crippen LogP contribution in [0.1, 0.15) is 18.1 Å². The van der Waals surface area contributed by atoms with Gasteiger partial charge in [-0.3, -0.25) is 4.98 Å². The lowest BCUT2D eigenvalue weighted by Crippen LogP contribution is -2.00. The Morgan fingerprint density at radius 2 is 1.71 bits per heavy atom. The number of methoxy groups -OCH3 is 3. The molecular formula is C21H22ClN3O3. The van der Waals surface area contributed by atoms with Crippen LogP contribution in [0.15, 0.2) is 36.5 Å². The molecule has 0 aliphatic carbocycles. The molecule has 0 unspecified atom stereocenters. The number of pyridine rings is 1. The molecule has 0 atom stereocenters. The molecule has 28 heavy (non-hydrogen) atoms. The first-order valence-corrected chi connectivity index (χ1v) is 8.53. The highest BCUT2D eigenvalue weighted by atomic mass is 35.5. The molecule has 0 aliphatic heterocycles. The molecule has 0 radical (unpaired) electrons. The summed E-state index contributed by atoms with van der Waals surface area (Å²) in [5, 5.41) is 13.8. The van der Waals surface area contributed by atoms with Crippen LogP contribution in [0.4, 0.5) is 11.4 Å². The van der Waals surface area contributed by atoms with Crippen molar-refractivity contribution in [1.29, 1.82) is 5.26 Å². The summed E-state index contributed by atoms with van der Waals surface area (Å²) in [5.41, 5.74) is 3.88. The second-order valence-electron chi connectivity index (χ2n) is 5.90. The van der Waals surface area contributed by atoms with Gasteiger partial charge in [0.2, 0.25) is 5.75 Å². The first-order valence-electron chi connectivity index (χ1n) is 8.53. The Morgan fingerprint density at radius 3 is 2.25 bits per heavy atom. The van der Waals surface area contributed by atoms with Gasteiger partial charge in [-0.15, -0.1) is 12.4 Å². The minimum atomic E-state index is 0. The Bertz CT molecular complexity index is 1010. The molecule has 6 nitrogen and oxygen atoms in total. The highest BCUT2D eigenvalue weighted by Gasteiger charge is 2.15. The fraction of sp³-hybridized carbons (Fsp3) is 0.238. The minimum absolute atomic E-state index is 0. The summed E-state index contributed by atoms with van der Waals surface area (Å²) in [6, 6.07) is 11.9. The van der Waals surface area contributed by atoms with Crippen molar-refractivity contribution in [3.05, 3.63) is 47.7 Å². The maximum Gasteiger partial charge on any atom is 0.203 e. The Kier molecular flexibility index (Phi) is 6.91. The molecule has 0 saturated carbocycles. The monoisotopic (exact) mass is 399 g/mol. The number of benzene rings is 2. The largest absolute Gasteiger partial charge is 0.493 e. The topological polar surface area (TPSA) is 76.4 Å². The van der Waals surface area contributed by atoms with Crippen molar-refractivity contribution in [3.8, 4) is 23.3 Å². The minimum Gasteiger partial charge on any atom is -0.493 e. The molecule has 1 N–H and O–H groups in total. The van der Waals surface area contributed by atoms with Crippen LogP contribution in [-0.4, -0.2) is 26.3 Å². The van der Waals surface area contributed by atoms with Gasteiger partial charge in [-0.1, -0.05) is 13.0 Å². The fourth-order valence-electron chi connectivity index (χ4n) is 2.98. The summed E-state index contributed by atoms with van der Waals surface area (Å²) in [6.07, 6.45) is 2.48. The van der Waals surface area contributed by atoms with E-state index in [2.05, 4.69) is 29.4 Å². The van der Waals surface area contributed by atoms with Crippen LogP contribution < -0.4 is 19.5 Å². The average Bonchev–Trinajstić information content (AvgIpc) is 2.72. The van der Waals surface area contributed by atoms with Gasteiger partial charge in [0.05, 0.1) is 38.1 Å². The fourth-order valence-corrected chi connectivity index (χ4v) is 2.98. The lowest BCUT2D eigenvalue weighted by atomic mass is 10.0. The highest BCUT2D eigenvalue weighted by Crippen LogP contribution is 2.41. The molecule has 0 amide bonds. The predicted octanol–water partition coefficient (Wildman–Crippen LogP) is 4.86. The van der Waals surface area contributed by atoms with E-state index in [1.165, 1.54) is 5.56 Å². The van der Waals surface area contributed by atoms with Crippen LogP contribution in [0.3, 0.4) is 0 Å². The van der Waals surface area contributed by atoms with Gasteiger partial charge in [0.1, 0.15) is 6.07 Å². The third-order valence-corrected chi connectivity index (χ3v) is 4.40. The highest BCUT2D eigenvalue weighted by molar-refractivity contribution is 5.96. The van der Waals surface area contributed by atoms with Crippen molar-refractivity contribution >= 4 is 34.7 Å². The second kappa shape index (κ2) is 9.16. The first kappa shape index (κ1) is 21.1. The lowest BCUT2D eigenvalue weighted by Gasteiger charge is -2.16. The van der Waals surface area contributed by atoms with Crippen LogP contribution in [-0.2, 0) is 6.42 Å². The van der Waals surface area contributed by atoms with E-state index < -0.39 is 0 Å². The molecule has 3 aromatic rings. The number of hydrogen-bond donors (Lipinski definition) is 1. The first-order chi connectivity index (χ1) is 13.1. The summed E-state index contributed by atoms with van der Waals surface area (Å²) >= 11 is 0. The summed E-state index contributed by atoms with van der Waals surface area (Å²) in [6.45, 7) is 2.09. The van der Waals surface area contributed by atoms with Crippen LogP contribution in [0.5, 0.6) is 17.2 Å². The maximum atomic E-state index is 9.57. The smallest absolute Gasteiger partial charge is 0.203 e. The third-order valence-electron chi connectivity index (χ3n) is 4.40. The number of hydrogen-bond acceptors (Lipinski definition) is 6. The molecule has 1 heterocycles. The number of anilines is 2. The number of nitrogens with zero attached hydrogens (tertiary/aromatic N) is 2. The SMILES string of the molecule is CCc1ccc2ncc(C#N)c(Nc3cc(OC)c(OC)c(OC)c3)c2c1.Cl. The van der Waals surface area contributed by atoms with Crippen LogP contribution in [0.25, 0.3) is 10.9 Å². The maximum absolute atomic E-state index is 9.57. The van der Waals surface area contributed by atoms with Crippen LogP contribution in [0, 0.1) is 11.3 Å². The summed E-state index contributed by atoms with van der Waals surface area (Å²) in [7, 11) is 4.69. The van der Waals surface area contributed by atoms with Crippen molar-refractivity contribution in [1.82, 2.24) is 4.98 Å². The van der Waals surface area contributed by atoms with Gasteiger partial charge in [-0.05, 0) is 24.1 Å². The molecule has 0 aliphatic rings. The van der Waals surface area contributed by atoms with Gasteiger partial charge < -0.3 is 19.5 Å². The van der Waals surface area contributed by atoms with Gasteiger partial charge >= 0.3 is 0 Å². The van der Waals surface area contributed by atoms with Crippen molar-refractivity contribution in [2.75, 3.05) is 26.6 Å². The van der Waals surface area contributed by atoms with Crippen LogP contribution in [0.2, 0.25) is 0 Å². The summed E-state index contributed by atoms with van der Waals surface area (Å²) in [4.78, 5) is 4.39. The summed E-state index contributed by atoms with van der Waals surface area (Å²) < 4.78 is 16.2. The predicted molar refractivity (Wildman–Crippen MR) is 112 cm³/mol. The Balaban J connectivity index is 0.00000280. The van der Waals surface area contributed by atoms with Gasteiger partial charge in [0.25, 0.3) is 0 Å². The van der Waals surface area contributed by atoms with Crippen molar-refractivity contribution in [3.63, 3.8) is 0 Å². The van der Waals surface area contributed by atoms with Gasteiger partial charge in [0, 0.05) is 29.4 Å². The molecule has 0 spiro atoms. The number of rotatable bonds is 6. The van der Waals surface area contributed by atoms with E-state index in [1.807, 2.05) is 12.1 Å². The molecule has 2 aromatic carbocycles. The van der Waals surface area contributed by atoms with Gasteiger partial charge in [-0.2, -0.15) is 5.26 Å². The molecule has 1 aromatic heterocycles. The Morgan fingerprint density at radius 1 is 1.04 bits per heavy atom. The Hall–Kier alpha value is -3.17. The zero-order chi connectivity index (χ0) is 19.4. The molecule has 0 saturated heterocycles. The molecular weight excluding hydrogens is 378 g/mol. The number of halogens is 1. The molecule has 0 bridgehead atoms. The zero-order valence-electron chi connectivity index (χ0n) is 16.2. The second-order valence-corrected chi connectivity index (χ2v) is 5.90. The van der Waals surface area contributed by atoms with Crippen LogP contribution >= 0.6 is 12.4 Å². The van der Waals surface area contributed by atoms with E-state index in [4.69, 9.17) is 14.2 Å². The van der Waals surface area contributed by atoms with Crippen molar-refractivity contribution < 1.29 is 14.2 Å². The molecule has 7 heteroatoms. The third kappa shape index (κ3) is 3.90. The molecule has 0 fully saturated rings. The van der Waals surface area contributed by atoms with E-state index in [9.17, 15) is 5.26 Å². The number of nitriles is 1. The zero-order valence-corrected chi connectivity index (χ0v) is 17.0. The number of aromatic nitrogens is 1. The normalized spacial score (nSPS) is 9.96. The van der Waals surface area contributed by atoms with E-state index in [-0.39, 0.29) is 12.4 Å². The summed E-state index contributed by atoms with van der Waals surface area (Å²) in [5.74, 6) is 1.58. The molecule has 146 valence electrons. The van der Waals surface area contributed by atoms with E-state index in [0.29, 0.717) is 28.5 Å². The number of ether oxygens (including phenoxy) is 3. The lowest BCUT2D eigenvalue weighted by molar-refractivity contribution is 0.324. The Labute approximate surface area is 170 Å². The quantitative estimate of drug-likeness (QED) is 0.637.